The first-order valence-electron chi connectivity index (χ1n) is 7.01. The molecule has 1 fully saturated rings. The van der Waals surface area contributed by atoms with Crippen LogP contribution in [0.1, 0.15) is 31.2 Å². The summed E-state index contributed by atoms with van der Waals surface area (Å²) >= 11 is 0. The van der Waals surface area contributed by atoms with Gasteiger partial charge in [-0.05, 0) is 30.9 Å². The molecule has 0 bridgehead atoms. The van der Waals surface area contributed by atoms with E-state index in [-0.39, 0.29) is 17.9 Å². The zero-order chi connectivity index (χ0) is 14.4. The molecule has 20 heavy (non-hydrogen) atoms. The second-order valence-corrected chi connectivity index (χ2v) is 5.30. The lowest BCUT2D eigenvalue weighted by Gasteiger charge is -2.25. The first-order valence-corrected chi connectivity index (χ1v) is 7.01. The third kappa shape index (κ3) is 3.78. The smallest absolute Gasteiger partial charge is 0.226 e. The Labute approximate surface area is 119 Å². The average Bonchev–Trinajstić information content (AvgIpc) is 2.90. The number of hydrogen-bond donors (Lipinski definition) is 1. The predicted molar refractivity (Wildman–Crippen MR) is 75.2 cm³/mol. The van der Waals surface area contributed by atoms with Crippen molar-refractivity contribution in [2.75, 3.05) is 6.54 Å². The average molecular weight is 272 g/mol. The molecule has 5 heteroatoms. The summed E-state index contributed by atoms with van der Waals surface area (Å²) in [6.45, 7) is 0.982. The molecule has 0 radical (unpaired) electrons. The number of hydrogen-bond acceptors (Lipinski definition) is 4. The fourth-order valence-electron chi connectivity index (χ4n) is 2.66. The summed E-state index contributed by atoms with van der Waals surface area (Å²) in [6, 6.07) is 6.04. The van der Waals surface area contributed by atoms with E-state index >= 15 is 0 Å². The van der Waals surface area contributed by atoms with E-state index in [1.165, 1.54) is 0 Å². The summed E-state index contributed by atoms with van der Waals surface area (Å²) in [6.07, 6.45) is 6.35. The molecule has 1 saturated carbocycles. The van der Waals surface area contributed by atoms with Crippen molar-refractivity contribution in [1.82, 2.24) is 9.88 Å². The standard InChI is InChI=1S/C15H20N4O/c16-6-2-8-19(11-12-3-1-7-18-10-12)15(20)13-4-5-14(17)9-13/h1,3,7,10,13-14H,2,4-5,8-9,11,17H2. The first kappa shape index (κ1) is 14.5. The van der Waals surface area contributed by atoms with Gasteiger partial charge in [0.25, 0.3) is 0 Å². The Morgan fingerprint density at radius 2 is 2.40 bits per heavy atom. The zero-order valence-corrected chi connectivity index (χ0v) is 11.5. The van der Waals surface area contributed by atoms with Crippen LogP contribution in [0.25, 0.3) is 0 Å². The van der Waals surface area contributed by atoms with E-state index in [1.54, 1.807) is 17.3 Å². The maximum atomic E-state index is 12.5. The Balaban J connectivity index is 2.03. The first-order chi connectivity index (χ1) is 9.70. The SMILES string of the molecule is N#CCCN(Cc1cccnc1)C(=O)C1CCC(N)C1. The van der Waals surface area contributed by atoms with Crippen LogP contribution in [0.15, 0.2) is 24.5 Å². The third-order valence-electron chi connectivity index (χ3n) is 3.72. The molecule has 0 aromatic carbocycles. The van der Waals surface area contributed by atoms with E-state index in [9.17, 15) is 4.79 Å². The van der Waals surface area contributed by atoms with Crippen LogP contribution in [-0.4, -0.2) is 28.4 Å². The normalized spacial score (nSPS) is 21.4. The molecule has 2 rings (SSSR count). The van der Waals surface area contributed by atoms with Crippen molar-refractivity contribution < 1.29 is 4.79 Å². The van der Waals surface area contributed by atoms with Gasteiger partial charge >= 0.3 is 0 Å². The Hall–Kier alpha value is -1.93. The second-order valence-electron chi connectivity index (χ2n) is 5.30. The molecular formula is C15H20N4O. The fourth-order valence-corrected chi connectivity index (χ4v) is 2.66. The Kier molecular flexibility index (Phi) is 5.08. The predicted octanol–water partition coefficient (Wildman–Crippen LogP) is 1.45. The lowest BCUT2D eigenvalue weighted by Crippen LogP contribution is -2.36. The fraction of sp³-hybridized carbons (Fsp3) is 0.533. The van der Waals surface area contributed by atoms with Gasteiger partial charge in [0.15, 0.2) is 0 Å². The van der Waals surface area contributed by atoms with Gasteiger partial charge in [-0.2, -0.15) is 5.26 Å². The molecule has 0 spiro atoms. The van der Waals surface area contributed by atoms with Gasteiger partial charge in [0.2, 0.25) is 5.91 Å². The summed E-state index contributed by atoms with van der Waals surface area (Å²) < 4.78 is 0. The van der Waals surface area contributed by atoms with Crippen LogP contribution in [0, 0.1) is 17.2 Å². The lowest BCUT2D eigenvalue weighted by molar-refractivity contribution is -0.136. The van der Waals surface area contributed by atoms with Crippen LogP contribution >= 0.6 is 0 Å². The zero-order valence-electron chi connectivity index (χ0n) is 11.5. The molecule has 0 saturated heterocycles. The van der Waals surface area contributed by atoms with Gasteiger partial charge in [-0.3, -0.25) is 9.78 Å². The van der Waals surface area contributed by atoms with Crippen molar-refractivity contribution in [2.45, 2.75) is 38.3 Å². The number of nitriles is 1. The van der Waals surface area contributed by atoms with Gasteiger partial charge in [0, 0.05) is 37.4 Å². The lowest BCUT2D eigenvalue weighted by atomic mass is 10.1. The molecule has 1 aromatic heterocycles. The van der Waals surface area contributed by atoms with Crippen molar-refractivity contribution in [3.8, 4) is 6.07 Å². The largest absolute Gasteiger partial charge is 0.337 e. The highest BCUT2D eigenvalue weighted by Crippen LogP contribution is 2.26. The molecule has 2 unspecified atom stereocenters. The highest BCUT2D eigenvalue weighted by atomic mass is 16.2. The minimum absolute atomic E-state index is 0.0142. The number of carbonyl (C=O) groups excluding carboxylic acids is 1. The molecule has 1 aromatic rings. The number of pyridine rings is 1. The minimum Gasteiger partial charge on any atom is -0.337 e. The van der Waals surface area contributed by atoms with Gasteiger partial charge < -0.3 is 10.6 Å². The molecule has 5 nitrogen and oxygen atoms in total. The molecule has 1 amide bonds. The quantitative estimate of drug-likeness (QED) is 0.879. The Morgan fingerprint density at radius 3 is 3.00 bits per heavy atom. The van der Waals surface area contributed by atoms with Crippen LogP contribution in [0.2, 0.25) is 0 Å². The number of aromatic nitrogens is 1. The number of nitrogens with zero attached hydrogens (tertiary/aromatic N) is 3. The highest BCUT2D eigenvalue weighted by Gasteiger charge is 2.30. The molecular weight excluding hydrogens is 252 g/mol. The topological polar surface area (TPSA) is 83.0 Å². The minimum atomic E-state index is 0.0142. The van der Waals surface area contributed by atoms with E-state index in [2.05, 4.69) is 11.1 Å². The van der Waals surface area contributed by atoms with E-state index in [0.717, 1.165) is 24.8 Å². The summed E-state index contributed by atoms with van der Waals surface area (Å²) in [5.41, 5.74) is 6.87. The Morgan fingerprint density at radius 1 is 1.55 bits per heavy atom. The van der Waals surface area contributed by atoms with E-state index < -0.39 is 0 Å². The summed E-state index contributed by atoms with van der Waals surface area (Å²) in [5, 5.41) is 8.75. The number of amides is 1. The van der Waals surface area contributed by atoms with Gasteiger partial charge in [0.1, 0.15) is 0 Å². The number of rotatable bonds is 5. The van der Waals surface area contributed by atoms with Crippen molar-refractivity contribution in [3.05, 3.63) is 30.1 Å². The van der Waals surface area contributed by atoms with Crippen molar-refractivity contribution >= 4 is 5.91 Å². The highest BCUT2D eigenvalue weighted by molar-refractivity contribution is 5.79. The third-order valence-corrected chi connectivity index (χ3v) is 3.72. The summed E-state index contributed by atoms with van der Waals surface area (Å²) in [4.78, 5) is 18.4. The van der Waals surface area contributed by atoms with Crippen LogP contribution < -0.4 is 5.73 Å². The van der Waals surface area contributed by atoms with Crippen molar-refractivity contribution in [1.29, 1.82) is 5.26 Å². The molecule has 1 heterocycles. The van der Waals surface area contributed by atoms with E-state index in [4.69, 9.17) is 11.0 Å². The van der Waals surface area contributed by atoms with Crippen molar-refractivity contribution in [3.63, 3.8) is 0 Å². The molecule has 1 aliphatic rings. The van der Waals surface area contributed by atoms with Crippen molar-refractivity contribution in [2.24, 2.45) is 11.7 Å². The summed E-state index contributed by atoms with van der Waals surface area (Å²) in [7, 11) is 0. The molecule has 2 N–H and O–H groups in total. The second kappa shape index (κ2) is 7.01. The van der Waals surface area contributed by atoms with Crippen LogP contribution in [0.4, 0.5) is 0 Å². The Bertz CT molecular complexity index is 482. The maximum absolute atomic E-state index is 12.5. The molecule has 0 aliphatic heterocycles. The molecule has 1 aliphatic carbocycles. The van der Waals surface area contributed by atoms with Gasteiger partial charge in [-0.25, -0.2) is 0 Å². The van der Waals surface area contributed by atoms with Gasteiger partial charge in [-0.15, -0.1) is 0 Å². The number of carbonyl (C=O) groups is 1. The van der Waals surface area contributed by atoms with E-state index in [1.807, 2.05) is 12.1 Å². The van der Waals surface area contributed by atoms with Gasteiger partial charge in [-0.1, -0.05) is 6.07 Å². The molecule has 2 atom stereocenters. The van der Waals surface area contributed by atoms with Crippen LogP contribution in [-0.2, 0) is 11.3 Å². The summed E-state index contributed by atoms with van der Waals surface area (Å²) in [5.74, 6) is 0.136. The van der Waals surface area contributed by atoms with Crippen LogP contribution in [0.5, 0.6) is 0 Å². The molecule has 106 valence electrons. The maximum Gasteiger partial charge on any atom is 0.226 e. The monoisotopic (exact) mass is 272 g/mol. The number of nitrogens with two attached hydrogens (primary N) is 1. The van der Waals surface area contributed by atoms with E-state index in [0.29, 0.717) is 19.5 Å². The van der Waals surface area contributed by atoms with Gasteiger partial charge in [0.05, 0.1) is 12.5 Å². The van der Waals surface area contributed by atoms with Crippen LogP contribution in [0.3, 0.4) is 0 Å².